The minimum absolute atomic E-state index is 0.0368. The number of phenolic OH excluding ortho intramolecular Hbond substituents is 2. The van der Waals surface area contributed by atoms with Crippen molar-refractivity contribution in [1.82, 2.24) is 0 Å². The van der Waals surface area contributed by atoms with Crippen LogP contribution in [0.25, 0.3) is 0 Å². The van der Waals surface area contributed by atoms with Crippen LogP contribution in [0.15, 0.2) is 42.5 Å². The van der Waals surface area contributed by atoms with Gasteiger partial charge in [-0.15, -0.1) is 0 Å². The third-order valence-corrected chi connectivity index (χ3v) is 2.91. The highest BCUT2D eigenvalue weighted by Crippen LogP contribution is 2.37. The summed E-state index contributed by atoms with van der Waals surface area (Å²) in [7, 11) is 0. The van der Waals surface area contributed by atoms with Crippen molar-refractivity contribution in [2.75, 3.05) is 0 Å². The third-order valence-electron chi connectivity index (χ3n) is 2.91. The van der Waals surface area contributed by atoms with E-state index in [0.29, 0.717) is 11.5 Å². The zero-order chi connectivity index (χ0) is 14.0. The highest BCUT2D eigenvalue weighted by molar-refractivity contribution is 5.48. The number of hydrogen-bond donors (Lipinski definition) is 2. The molecule has 0 heterocycles. The molecule has 0 aliphatic rings. The molecule has 19 heavy (non-hydrogen) atoms. The summed E-state index contributed by atoms with van der Waals surface area (Å²) in [4.78, 5) is 0. The van der Waals surface area contributed by atoms with Gasteiger partial charge in [0.15, 0.2) is 23.0 Å². The Morgan fingerprint density at radius 2 is 1.47 bits per heavy atom. The van der Waals surface area contributed by atoms with Crippen LogP contribution < -0.4 is 4.74 Å². The molecule has 0 aromatic heterocycles. The minimum atomic E-state index is -0.0368. The van der Waals surface area contributed by atoms with E-state index in [1.165, 1.54) is 6.07 Å². The molecule has 0 aliphatic heterocycles. The molecule has 0 radical (unpaired) electrons. The van der Waals surface area contributed by atoms with Crippen molar-refractivity contribution in [2.45, 2.75) is 26.2 Å². The van der Waals surface area contributed by atoms with Crippen LogP contribution in [0.3, 0.4) is 0 Å². The van der Waals surface area contributed by atoms with Crippen LogP contribution in [0, 0.1) is 0 Å². The maximum Gasteiger partial charge on any atom is 0.169 e. The van der Waals surface area contributed by atoms with Crippen LogP contribution in [0.1, 0.15) is 26.3 Å². The summed E-state index contributed by atoms with van der Waals surface area (Å²) < 4.78 is 5.51. The summed E-state index contributed by atoms with van der Waals surface area (Å²) in [6, 6.07) is 12.0. The number of aromatic hydroxyl groups is 2. The smallest absolute Gasteiger partial charge is 0.169 e. The zero-order valence-corrected chi connectivity index (χ0v) is 11.3. The lowest BCUT2D eigenvalue weighted by Gasteiger charge is -2.20. The SMILES string of the molecule is CC(C)(C)c1ccc(Oc2ccccc2O)c(O)c1. The quantitative estimate of drug-likeness (QED) is 0.849. The lowest BCUT2D eigenvalue weighted by atomic mass is 9.87. The molecular weight excluding hydrogens is 240 g/mol. The van der Waals surface area contributed by atoms with Crippen LogP contribution in [-0.2, 0) is 5.41 Å². The Hall–Kier alpha value is -2.16. The van der Waals surface area contributed by atoms with Gasteiger partial charge in [0.25, 0.3) is 0 Å². The summed E-state index contributed by atoms with van der Waals surface area (Å²) in [5, 5.41) is 19.6. The number of phenols is 2. The number of para-hydroxylation sites is 2. The van der Waals surface area contributed by atoms with Crippen molar-refractivity contribution in [3.8, 4) is 23.0 Å². The minimum Gasteiger partial charge on any atom is -0.504 e. The monoisotopic (exact) mass is 258 g/mol. The number of rotatable bonds is 2. The van der Waals surface area contributed by atoms with Gasteiger partial charge in [0.2, 0.25) is 0 Å². The van der Waals surface area contributed by atoms with Gasteiger partial charge >= 0.3 is 0 Å². The van der Waals surface area contributed by atoms with Crippen molar-refractivity contribution in [3.05, 3.63) is 48.0 Å². The molecule has 2 aromatic carbocycles. The van der Waals surface area contributed by atoms with E-state index < -0.39 is 0 Å². The van der Waals surface area contributed by atoms with Gasteiger partial charge in [-0.1, -0.05) is 39.0 Å². The van der Waals surface area contributed by atoms with Crippen LogP contribution >= 0.6 is 0 Å². The van der Waals surface area contributed by atoms with Gasteiger partial charge < -0.3 is 14.9 Å². The number of benzene rings is 2. The molecule has 0 bridgehead atoms. The van der Waals surface area contributed by atoms with Gasteiger partial charge in [0, 0.05) is 0 Å². The predicted molar refractivity (Wildman–Crippen MR) is 75.0 cm³/mol. The van der Waals surface area contributed by atoms with E-state index in [9.17, 15) is 10.2 Å². The summed E-state index contributed by atoms with van der Waals surface area (Å²) in [5.74, 6) is 0.758. The van der Waals surface area contributed by atoms with Gasteiger partial charge in [-0.25, -0.2) is 0 Å². The largest absolute Gasteiger partial charge is 0.504 e. The van der Waals surface area contributed by atoms with Gasteiger partial charge in [-0.2, -0.15) is 0 Å². The molecule has 100 valence electrons. The first-order valence-electron chi connectivity index (χ1n) is 6.17. The summed E-state index contributed by atoms with van der Waals surface area (Å²) in [5.41, 5.74) is 0.986. The summed E-state index contributed by atoms with van der Waals surface area (Å²) >= 11 is 0. The molecule has 0 aliphatic carbocycles. The molecular formula is C16H18O3. The molecule has 2 rings (SSSR count). The highest BCUT2D eigenvalue weighted by atomic mass is 16.5. The maximum atomic E-state index is 10.0. The molecule has 0 saturated heterocycles. The summed E-state index contributed by atoms with van der Waals surface area (Å²) in [6.45, 7) is 6.22. The molecule has 3 nitrogen and oxygen atoms in total. The van der Waals surface area contributed by atoms with Crippen molar-refractivity contribution in [1.29, 1.82) is 0 Å². The van der Waals surface area contributed by atoms with Gasteiger partial charge in [0.1, 0.15) is 0 Å². The number of hydrogen-bond acceptors (Lipinski definition) is 3. The van der Waals surface area contributed by atoms with Gasteiger partial charge in [-0.3, -0.25) is 0 Å². The van der Waals surface area contributed by atoms with Crippen molar-refractivity contribution >= 4 is 0 Å². The highest BCUT2D eigenvalue weighted by Gasteiger charge is 2.16. The van der Waals surface area contributed by atoms with Gasteiger partial charge in [-0.05, 0) is 35.2 Å². The van der Waals surface area contributed by atoms with Crippen LogP contribution in [0.5, 0.6) is 23.0 Å². The first-order valence-corrected chi connectivity index (χ1v) is 6.17. The average molecular weight is 258 g/mol. The Bertz CT molecular complexity index is 583. The second-order valence-electron chi connectivity index (χ2n) is 5.50. The normalized spacial score (nSPS) is 11.3. The van der Waals surface area contributed by atoms with Crippen LogP contribution in [0.4, 0.5) is 0 Å². The first kappa shape index (κ1) is 13.3. The predicted octanol–water partition coefficient (Wildman–Crippen LogP) is 4.19. The fraction of sp³-hybridized carbons (Fsp3) is 0.250. The fourth-order valence-corrected chi connectivity index (χ4v) is 1.73. The van der Waals surface area contributed by atoms with E-state index >= 15 is 0 Å². The zero-order valence-electron chi connectivity index (χ0n) is 11.3. The number of ether oxygens (including phenoxy) is 1. The lowest BCUT2D eigenvalue weighted by Crippen LogP contribution is -2.10. The van der Waals surface area contributed by atoms with E-state index in [0.717, 1.165) is 5.56 Å². The van der Waals surface area contributed by atoms with Crippen molar-refractivity contribution < 1.29 is 14.9 Å². The van der Waals surface area contributed by atoms with E-state index in [1.54, 1.807) is 30.3 Å². The standard InChI is InChI=1S/C16H18O3/c1-16(2,3)11-8-9-15(13(18)10-11)19-14-7-5-4-6-12(14)17/h4-10,17-18H,1-3H3. The van der Waals surface area contributed by atoms with Gasteiger partial charge in [0.05, 0.1) is 0 Å². The molecule has 0 saturated carbocycles. The third kappa shape index (κ3) is 2.99. The molecule has 0 amide bonds. The maximum absolute atomic E-state index is 10.0. The first-order chi connectivity index (χ1) is 8.88. The van der Waals surface area contributed by atoms with E-state index in [2.05, 4.69) is 20.8 Å². The lowest BCUT2D eigenvalue weighted by molar-refractivity contribution is 0.384. The average Bonchev–Trinajstić information content (AvgIpc) is 2.33. The van der Waals surface area contributed by atoms with Crippen molar-refractivity contribution in [3.63, 3.8) is 0 Å². The van der Waals surface area contributed by atoms with Crippen LogP contribution in [-0.4, -0.2) is 10.2 Å². The van der Waals surface area contributed by atoms with E-state index in [4.69, 9.17) is 4.74 Å². The molecule has 0 spiro atoms. The Labute approximate surface area is 113 Å². The molecule has 0 atom stereocenters. The molecule has 2 aromatic rings. The fourth-order valence-electron chi connectivity index (χ4n) is 1.73. The van der Waals surface area contributed by atoms with Crippen LogP contribution in [0.2, 0.25) is 0 Å². The van der Waals surface area contributed by atoms with E-state index in [-0.39, 0.29) is 16.9 Å². The molecule has 3 heteroatoms. The summed E-state index contributed by atoms with van der Waals surface area (Å²) in [6.07, 6.45) is 0. The Morgan fingerprint density at radius 3 is 2.05 bits per heavy atom. The van der Waals surface area contributed by atoms with Crippen molar-refractivity contribution in [2.24, 2.45) is 0 Å². The molecule has 0 fully saturated rings. The topological polar surface area (TPSA) is 49.7 Å². The second-order valence-corrected chi connectivity index (χ2v) is 5.50. The second kappa shape index (κ2) is 4.84. The Kier molecular flexibility index (Phi) is 3.38. The van der Waals surface area contributed by atoms with E-state index in [1.807, 2.05) is 6.07 Å². The Balaban J connectivity index is 2.30. The molecule has 0 unspecified atom stereocenters. The Morgan fingerprint density at radius 1 is 0.842 bits per heavy atom. The molecule has 2 N–H and O–H groups in total.